The summed E-state index contributed by atoms with van der Waals surface area (Å²) in [6.07, 6.45) is 0. The highest BCUT2D eigenvalue weighted by Gasteiger charge is 2.34. The van der Waals surface area contributed by atoms with E-state index in [4.69, 9.17) is 0 Å². The molecule has 3 rings (SSSR count). The molecule has 0 atom stereocenters. The van der Waals surface area contributed by atoms with Crippen molar-refractivity contribution in [1.29, 1.82) is 0 Å². The number of piperazine rings is 2. The summed E-state index contributed by atoms with van der Waals surface area (Å²) in [6, 6.07) is 3.53. The molecule has 0 aliphatic carbocycles. The lowest BCUT2D eigenvalue weighted by Gasteiger charge is -2.39. The molecule has 1 aromatic heterocycles. The zero-order valence-corrected chi connectivity index (χ0v) is 17.9. The van der Waals surface area contributed by atoms with Crippen LogP contribution in [0.15, 0.2) is 17.5 Å². The normalized spacial score (nSPS) is 20.3. The summed E-state index contributed by atoms with van der Waals surface area (Å²) in [7, 11) is 0.101. The summed E-state index contributed by atoms with van der Waals surface area (Å²) in [5.41, 5.74) is 0. The van der Waals surface area contributed by atoms with Crippen LogP contribution < -0.4 is 0 Å². The fraction of sp³-hybridized carbons (Fsp3) is 0.647. The van der Waals surface area contributed by atoms with Gasteiger partial charge in [0.15, 0.2) is 0 Å². The van der Waals surface area contributed by atoms with Crippen LogP contribution in [-0.4, -0.2) is 117 Å². The summed E-state index contributed by atoms with van der Waals surface area (Å²) >= 11 is 1.34. The molecule has 0 spiro atoms. The van der Waals surface area contributed by atoms with Crippen LogP contribution in [-0.2, 0) is 15.0 Å². The number of hydrogen-bond donors (Lipinski definition) is 0. The molecule has 2 aliphatic heterocycles. The van der Waals surface area contributed by atoms with Crippen molar-refractivity contribution >= 4 is 33.4 Å². The quantitative estimate of drug-likeness (QED) is 0.628. The predicted molar refractivity (Wildman–Crippen MR) is 107 cm³/mol. The molecule has 2 fully saturated rings. The zero-order valence-electron chi connectivity index (χ0n) is 16.3. The number of nitrogens with zero attached hydrogens (tertiary/aromatic N) is 5. The Morgan fingerprint density at radius 3 is 2.14 bits per heavy atom. The topological polar surface area (TPSA) is 84.5 Å². The lowest BCUT2D eigenvalue weighted by molar-refractivity contribution is -0.132. The van der Waals surface area contributed by atoms with E-state index in [1.54, 1.807) is 24.1 Å². The van der Waals surface area contributed by atoms with Crippen LogP contribution in [0.25, 0.3) is 0 Å². The second-order valence-corrected chi connectivity index (χ2v) is 10.0. The Hall–Kier alpha value is -1.53. The van der Waals surface area contributed by atoms with E-state index in [1.807, 2.05) is 12.4 Å². The van der Waals surface area contributed by atoms with Gasteiger partial charge in [0.1, 0.15) is 0 Å². The number of thiophene rings is 1. The minimum absolute atomic E-state index is 0.0120. The molecule has 0 radical (unpaired) electrons. The first kappa shape index (κ1) is 21.2. The van der Waals surface area contributed by atoms with Gasteiger partial charge in [-0.15, -0.1) is 11.3 Å². The molecule has 156 valence electrons. The van der Waals surface area contributed by atoms with E-state index in [2.05, 4.69) is 4.90 Å². The molecule has 0 N–H and O–H groups in total. The Labute approximate surface area is 170 Å². The third kappa shape index (κ3) is 4.71. The Morgan fingerprint density at radius 2 is 1.61 bits per heavy atom. The third-order valence-corrected chi connectivity index (χ3v) is 8.05. The van der Waals surface area contributed by atoms with Gasteiger partial charge in [0.05, 0.1) is 11.4 Å². The minimum atomic E-state index is -3.48. The van der Waals surface area contributed by atoms with Crippen LogP contribution in [0.4, 0.5) is 0 Å². The standard InChI is InChI=1S/C17H27N5O4S2/c1-18-5-9-21(10-6-18)28(25,26)22-11-7-20(8-12-22)16(23)14-19(2)17(24)15-4-3-13-27-15/h3-4,13H,5-12,14H2,1-2H3. The lowest BCUT2D eigenvalue weighted by atomic mass is 10.3. The van der Waals surface area contributed by atoms with Gasteiger partial charge < -0.3 is 14.7 Å². The van der Waals surface area contributed by atoms with E-state index < -0.39 is 10.2 Å². The van der Waals surface area contributed by atoms with Gasteiger partial charge in [0.2, 0.25) is 5.91 Å². The first-order valence-corrected chi connectivity index (χ1v) is 11.6. The van der Waals surface area contributed by atoms with E-state index in [0.717, 1.165) is 13.1 Å². The highest BCUT2D eigenvalue weighted by atomic mass is 32.2. The van der Waals surface area contributed by atoms with Crippen LogP contribution in [0, 0.1) is 0 Å². The van der Waals surface area contributed by atoms with Gasteiger partial charge in [0, 0.05) is 59.4 Å². The van der Waals surface area contributed by atoms with Gasteiger partial charge in [-0.1, -0.05) is 6.07 Å². The second kappa shape index (κ2) is 8.87. The fourth-order valence-electron chi connectivity index (χ4n) is 3.31. The molecule has 3 heterocycles. The van der Waals surface area contributed by atoms with E-state index in [0.29, 0.717) is 31.1 Å². The Kier molecular flexibility index (Phi) is 6.71. The second-order valence-electron chi connectivity index (χ2n) is 7.13. The van der Waals surface area contributed by atoms with Gasteiger partial charge in [-0.2, -0.15) is 17.0 Å². The minimum Gasteiger partial charge on any atom is -0.339 e. The Balaban J connectivity index is 1.50. The monoisotopic (exact) mass is 429 g/mol. The van der Waals surface area contributed by atoms with Crippen molar-refractivity contribution in [2.24, 2.45) is 0 Å². The molecule has 2 amide bonds. The average molecular weight is 430 g/mol. The molecule has 2 aliphatic rings. The molecule has 0 unspecified atom stereocenters. The number of carbonyl (C=O) groups is 2. The first-order valence-electron chi connectivity index (χ1n) is 9.29. The van der Waals surface area contributed by atoms with Gasteiger partial charge in [0.25, 0.3) is 16.1 Å². The summed E-state index contributed by atoms with van der Waals surface area (Å²) in [5.74, 6) is -0.344. The largest absolute Gasteiger partial charge is 0.339 e. The number of rotatable bonds is 5. The molecule has 1 aromatic rings. The molecule has 28 heavy (non-hydrogen) atoms. The van der Waals surface area contributed by atoms with E-state index >= 15 is 0 Å². The lowest BCUT2D eigenvalue weighted by Crippen LogP contribution is -2.57. The van der Waals surface area contributed by atoms with Crippen LogP contribution >= 0.6 is 11.3 Å². The van der Waals surface area contributed by atoms with Crippen molar-refractivity contribution in [1.82, 2.24) is 23.3 Å². The van der Waals surface area contributed by atoms with Crippen molar-refractivity contribution in [2.45, 2.75) is 0 Å². The van der Waals surface area contributed by atoms with Crippen molar-refractivity contribution in [3.05, 3.63) is 22.4 Å². The zero-order chi connectivity index (χ0) is 20.3. The Bertz CT molecular complexity index is 782. The number of likely N-dealkylation sites (N-methyl/N-ethyl adjacent to an activating group) is 2. The van der Waals surface area contributed by atoms with Crippen LogP contribution in [0.5, 0.6) is 0 Å². The number of hydrogen-bond acceptors (Lipinski definition) is 6. The van der Waals surface area contributed by atoms with E-state index in [-0.39, 0.29) is 31.4 Å². The maximum Gasteiger partial charge on any atom is 0.282 e. The smallest absolute Gasteiger partial charge is 0.282 e. The maximum absolute atomic E-state index is 12.8. The summed E-state index contributed by atoms with van der Waals surface area (Å²) < 4.78 is 28.6. The van der Waals surface area contributed by atoms with E-state index in [1.165, 1.54) is 24.8 Å². The average Bonchev–Trinajstić information content (AvgIpc) is 3.22. The highest BCUT2D eigenvalue weighted by molar-refractivity contribution is 7.86. The number of carbonyl (C=O) groups excluding carboxylic acids is 2. The SMILES string of the molecule is CN1CCN(S(=O)(=O)N2CCN(C(=O)CN(C)C(=O)c3cccs3)CC2)CC1. The fourth-order valence-corrected chi connectivity index (χ4v) is 5.61. The molecular formula is C17H27N5O4S2. The van der Waals surface area contributed by atoms with Crippen LogP contribution in [0.3, 0.4) is 0 Å². The molecule has 0 aromatic carbocycles. The summed E-state index contributed by atoms with van der Waals surface area (Å²) in [4.78, 5) is 30.5. The van der Waals surface area contributed by atoms with Crippen molar-refractivity contribution in [2.75, 3.05) is 73.0 Å². The van der Waals surface area contributed by atoms with Gasteiger partial charge in [-0.05, 0) is 18.5 Å². The maximum atomic E-state index is 12.8. The molecule has 0 bridgehead atoms. The van der Waals surface area contributed by atoms with Crippen molar-refractivity contribution < 1.29 is 18.0 Å². The molecule has 9 nitrogen and oxygen atoms in total. The van der Waals surface area contributed by atoms with Gasteiger partial charge >= 0.3 is 0 Å². The van der Waals surface area contributed by atoms with E-state index in [9.17, 15) is 18.0 Å². The molecule has 0 saturated carbocycles. The highest BCUT2D eigenvalue weighted by Crippen LogP contribution is 2.15. The number of amides is 2. The van der Waals surface area contributed by atoms with Crippen LogP contribution in [0.1, 0.15) is 9.67 Å². The first-order chi connectivity index (χ1) is 13.3. The summed E-state index contributed by atoms with van der Waals surface area (Å²) in [6.45, 7) is 3.67. The molecular weight excluding hydrogens is 402 g/mol. The third-order valence-electron chi connectivity index (χ3n) is 5.16. The van der Waals surface area contributed by atoms with Crippen molar-refractivity contribution in [3.63, 3.8) is 0 Å². The molecule has 2 saturated heterocycles. The predicted octanol–water partition coefficient (Wildman–Crippen LogP) is -0.543. The molecule has 11 heteroatoms. The summed E-state index contributed by atoms with van der Waals surface area (Å²) in [5, 5.41) is 1.82. The van der Waals surface area contributed by atoms with Crippen molar-refractivity contribution in [3.8, 4) is 0 Å². The van der Waals surface area contributed by atoms with Gasteiger partial charge in [-0.3, -0.25) is 9.59 Å². The Morgan fingerprint density at radius 1 is 1.04 bits per heavy atom. The van der Waals surface area contributed by atoms with Crippen LogP contribution in [0.2, 0.25) is 0 Å². The van der Waals surface area contributed by atoms with Gasteiger partial charge in [-0.25, -0.2) is 0 Å².